The number of carbonyl (C=O) groups excluding carboxylic acids is 1. The average Bonchev–Trinajstić information content (AvgIpc) is 3.36. The first kappa shape index (κ1) is 23.9. The minimum atomic E-state index is -2.93. The molecule has 1 saturated heterocycles. The highest BCUT2D eigenvalue weighted by atomic mass is 32.1. The lowest BCUT2D eigenvalue weighted by molar-refractivity contribution is -0.0754. The smallest absolute Gasteiger partial charge is 0.410 e. The fourth-order valence-electron chi connectivity index (χ4n) is 4.54. The number of imidazole rings is 1. The van der Waals surface area contributed by atoms with Crippen molar-refractivity contribution in [2.75, 3.05) is 6.54 Å². The van der Waals surface area contributed by atoms with E-state index in [0.29, 0.717) is 16.8 Å². The van der Waals surface area contributed by atoms with E-state index >= 15 is 0 Å². The molecule has 1 aliphatic heterocycles. The van der Waals surface area contributed by atoms with Gasteiger partial charge in [-0.25, -0.2) is 18.6 Å². The minimum absolute atomic E-state index is 0.0462. The van der Waals surface area contributed by atoms with Crippen LogP contribution in [0.15, 0.2) is 65.7 Å². The summed E-state index contributed by atoms with van der Waals surface area (Å²) in [7, 11) is 0. The summed E-state index contributed by atoms with van der Waals surface area (Å²) in [6.45, 7) is 0.0774. The largest absolute Gasteiger partial charge is 0.445 e. The first-order valence-electron chi connectivity index (χ1n) is 11.4. The van der Waals surface area contributed by atoms with Gasteiger partial charge in [0.1, 0.15) is 12.1 Å². The van der Waals surface area contributed by atoms with Crippen molar-refractivity contribution >= 4 is 29.5 Å². The maximum atomic E-state index is 14.6. The summed E-state index contributed by atoms with van der Waals surface area (Å²) < 4.78 is 36.5. The summed E-state index contributed by atoms with van der Waals surface area (Å²) in [5.74, 6) is -2.93. The first-order chi connectivity index (χ1) is 17.3. The Hall–Kier alpha value is -3.86. The van der Waals surface area contributed by atoms with Crippen LogP contribution >= 0.6 is 12.2 Å². The third kappa shape index (κ3) is 4.78. The number of fused-ring (bicyclic) bond motifs is 1. The van der Waals surface area contributed by atoms with E-state index in [2.05, 4.69) is 15.0 Å². The number of H-pyrrole nitrogens is 2. The van der Waals surface area contributed by atoms with E-state index in [9.17, 15) is 18.4 Å². The number of amides is 1. The van der Waals surface area contributed by atoms with Crippen LogP contribution in [0.2, 0.25) is 0 Å². The number of nitrogens with zero attached hydrogens (tertiary/aromatic N) is 3. The molecule has 0 saturated carbocycles. The third-order valence-electron chi connectivity index (χ3n) is 6.34. The summed E-state index contributed by atoms with van der Waals surface area (Å²) in [4.78, 5) is 36.2. The second-order valence-electron chi connectivity index (χ2n) is 8.70. The van der Waals surface area contributed by atoms with Crippen LogP contribution in [0.4, 0.5) is 13.6 Å². The van der Waals surface area contributed by atoms with Gasteiger partial charge in [0.15, 0.2) is 10.4 Å². The first-order valence-corrected chi connectivity index (χ1v) is 11.8. The molecule has 1 amide bonds. The van der Waals surface area contributed by atoms with Crippen LogP contribution in [0.25, 0.3) is 11.2 Å². The van der Waals surface area contributed by atoms with Crippen LogP contribution in [0.5, 0.6) is 0 Å². The lowest BCUT2D eigenvalue weighted by Crippen LogP contribution is -2.45. The van der Waals surface area contributed by atoms with Crippen molar-refractivity contribution in [1.29, 1.82) is 0 Å². The SMILES string of the molecule is O=C(OCc1ccccc1)N1CCC(F)(F)CC1c1ccccc1Cn1c(=S)[nH]c(=O)c2[nH]cnc21. The predicted molar refractivity (Wildman–Crippen MR) is 131 cm³/mol. The molecule has 1 unspecified atom stereocenters. The topological polar surface area (TPSA) is 96.0 Å². The number of carbonyl (C=O) groups is 1. The van der Waals surface area contributed by atoms with E-state index in [-0.39, 0.29) is 30.0 Å². The number of nitrogens with one attached hydrogen (secondary N) is 2. The Balaban J connectivity index is 1.48. The highest BCUT2D eigenvalue weighted by Crippen LogP contribution is 2.41. The lowest BCUT2D eigenvalue weighted by atomic mass is 9.90. The molecule has 1 aliphatic rings. The van der Waals surface area contributed by atoms with Gasteiger partial charge in [-0.1, -0.05) is 54.6 Å². The minimum Gasteiger partial charge on any atom is -0.445 e. The van der Waals surface area contributed by atoms with Gasteiger partial charge in [-0.2, -0.15) is 0 Å². The van der Waals surface area contributed by atoms with Crippen LogP contribution in [-0.4, -0.2) is 43.0 Å². The molecule has 0 radical (unpaired) electrons. The molecule has 8 nitrogen and oxygen atoms in total. The maximum Gasteiger partial charge on any atom is 0.410 e. The lowest BCUT2D eigenvalue weighted by Gasteiger charge is -2.39. The molecule has 11 heteroatoms. The number of ether oxygens (including phenoxy) is 1. The fraction of sp³-hybridized carbons (Fsp3) is 0.280. The van der Waals surface area contributed by atoms with Crippen LogP contribution in [0, 0.1) is 4.77 Å². The van der Waals surface area contributed by atoms with E-state index in [0.717, 1.165) is 5.56 Å². The quantitative estimate of drug-likeness (QED) is 0.370. The van der Waals surface area contributed by atoms with Crippen molar-refractivity contribution in [2.24, 2.45) is 0 Å². The number of aromatic nitrogens is 4. The number of piperidine rings is 1. The van der Waals surface area contributed by atoms with Gasteiger partial charge in [-0.15, -0.1) is 0 Å². The molecule has 0 aliphatic carbocycles. The second-order valence-corrected chi connectivity index (χ2v) is 9.09. The van der Waals surface area contributed by atoms with E-state index in [4.69, 9.17) is 17.0 Å². The Morgan fingerprint density at radius 1 is 1.17 bits per heavy atom. The van der Waals surface area contributed by atoms with Gasteiger partial charge >= 0.3 is 6.09 Å². The molecule has 5 rings (SSSR count). The van der Waals surface area contributed by atoms with E-state index < -0.39 is 36.5 Å². The third-order valence-corrected chi connectivity index (χ3v) is 6.66. The van der Waals surface area contributed by atoms with Gasteiger partial charge < -0.3 is 14.6 Å². The molecule has 0 bridgehead atoms. The molecule has 3 heterocycles. The molecule has 0 spiro atoms. The molecule has 2 aromatic carbocycles. The fourth-order valence-corrected chi connectivity index (χ4v) is 4.78. The Kier molecular flexibility index (Phi) is 6.40. The maximum absolute atomic E-state index is 14.6. The zero-order valence-electron chi connectivity index (χ0n) is 19.1. The molecular formula is C25H23F2N5O3S. The molecule has 1 atom stereocenters. The molecule has 4 aromatic rings. The highest BCUT2D eigenvalue weighted by molar-refractivity contribution is 7.71. The van der Waals surface area contributed by atoms with Crippen LogP contribution in [-0.2, 0) is 17.9 Å². The number of benzene rings is 2. The Morgan fingerprint density at radius 2 is 1.92 bits per heavy atom. The van der Waals surface area contributed by atoms with Gasteiger partial charge in [0.25, 0.3) is 11.5 Å². The van der Waals surface area contributed by atoms with Crippen molar-refractivity contribution in [2.45, 2.75) is 38.0 Å². The van der Waals surface area contributed by atoms with Crippen molar-refractivity contribution in [1.82, 2.24) is 24.4 Å². The molecule has 2 aromatic heterocycles. The summed E-state index contributed by atoms with van der Waals surface area (Å²) >= 11 is 5.36. The molecule has 186 valence electrons. The summed E-state index contributed by atoms with van der Waals surface area (Å²) in [5.41, 5.74) is 2.26. The Bertz CT molecular complexity index is 1520. The van der Waals surface area contributed by atoms with Gasteiger partial charge in [0.2, 0.25) is 0 Å². The van der Waals surface area contributed by atoms with Gasteiger partial charge in [-0.05, 0) is 28.9 Å². The normalized spacial score (nSPS) is 17.3. The molecular weight excluding hydrogens is 488 g/mol. The summed E-state index contributed by atoms with van der Waals surface area (Å²) in [6, 6.07) is 15.3. The monoisotopic (exact) mass is 511 g/mol. The van der Waals surface area contributed by atoms with Gasteiger partial charge in [0, 0.05) is 19.4 Å². The van der Waals surface area contributed by atoms with Crippen molar-refractivity contribution in [3.63, 3.8) is 0 Å². The molecule has 36 heavy (non-hydrogen) atoms. The van der Waals surface area contributed by atoms with E-state index in [1.807, 2.05) is 30.3 Å². The Morgan fingerprint density at radius 3 is 2.72 bits per heavy atom. The summed E-state index contributed by atoms with van der Waals surface area (Å²) in [6.07, 6.45) is -0.224. The van der Waals surface area contributed by atoms with Gasteiger partial charge in [0.05, 0.1) is 18.9 Å². The van der Waals surface area contributed by atoms with Crippen molar-refractivity contribution < 1.29 is 18.3 Å². The zero-order valence-corrected chi connectivity index (χ0v) is 19.9. The van der Waals surface area contributed by atoms with E-state index in [1.54, 1.807) is 28.8 Å². The second kappa shape index (κ2) is 9.65. The highest BCUT2D eigenvalue weighted by Gasteiger charge is 2.44. The summed E-state index contributed by atoms with van der Waals surface area (Å²) in [5, 5.41) is 0. The Labute approximate surface area is 209 Å². The van der Waals surface area contributed by atoms with Crippen molar-refractivity contribution in [3.05, 3.63) is 92.7 Å². The molecule has 2 N–H and O–H groups in total. The average molecular weight is 512 g/mol. The number of likely N-dealkylation sites (tertiary alicyclic amines) is 1. The number of hydrogen-bond donors (Lipinski definition) is 2. The van der Waals surface area contributed by atoms with Gasteiger partial charge in [-0.3, -0.25) is 14.3 Å². The number of rotatable bonds is 5. The van der Waals surface area contributed by atoms with E-state index in [1.165, 1.54) is 11.2 Å². The van der Waals surface area contributed by atoms with Crippen LogP contribution in [0.3, 0.4) is 0 Å². The zero-order chi connectivity index (χ0) is 25.3. The molecule has 1 fully saturated rings. The predicted octanol–water partition coefficient (Wildman–Crippen LogP) is 4.94. The number of hydrogen-bond acceptors (Lipinski definition) is 5. The number of alkyl halides is 2. The van der Waals surface area contributed by atoms with Crippen LogP contribution < -0.4 is 5.56 Å². The van der Waals surface area contributed by atoms with Crippen molar-refractivity contribution in [3.8, 4) is 0 Å². The number of aromatic amines is 2. The van der Waals surface area contributed by atoms with Crippen LogP contribution in [0.1, 0.15) is 35.6 Å². The standard InChI is InChI=1S/C25H23F2N5O3S/c26-25(27)10-11-31(24(34)35-14-16-6-2-1-3-7-16)19(12-25)18-9-5-4-8-17(18)13-32-21-20(28-15-29-21)22(33)30-23(32)36/h1-9,15,19H,10-14H2,(H,28,29)(H,30,33,36). The number of halogens is 2.